The van der Waals surface area contributed by atoms with E-state index in [-0.39, 0.29) is 11.8 Å². The number of nitrogens with zero attached hydrogens (tertiary/aromatic N) is 2. The second-order valence-electron chi connectivity index (χ2n) is 8.36. The van der Waals surface area contributed by atoms with Gasteiger partial charge in [-0.05, 0) is 56.6 Å². The highest BCUT2D eigenvalue weighted by atomic mass is 16.5. The number of hydrogen-bond acceptors (Lipinski definition) is 4. The number of aromatic nitrogens is 1. The Hall–Kier alpha value is -3.06. The van der Waals surface area contributed by atoms with Crippen LogP contribution < -0.4 is 10.1 Å². The summed E-state index contributed by atoms with van der Waals surface area (Å²) in [6.45, 7) is 10.6. The van der Waals surface area contributed by atoms with Gasteiger partial charge in [0.05, 0.1) is 23.9 Å². The van der Waals surface area contributed by atoms with Gasteiger partial charge in [0.25, 0.3) is 11.8 Å². The Kier molecular flexibility index (Phi) is 6.37. The fourth-order valence-corrected chi connectivity index (χ4v) is 4.61. The van der Waals surface area contributed by atoms with Crippen molar-refractivity contribution in [2.45, 2.75) is 33.6 Å². The highest BCUT2D eigenvalue weighted by molar-refractivity contribution is 6.35. The van der Waals surface area contributed by atoms with Crippen molar-refractivity contribution in [1.29, 1.82) is 0 Å². The Balaban J connectivity index is 1.63. The maximum atomic E-state index is 13.4. The SMILES string of the molecule is CCN(CC)CCN1CCCc2[nH]c(/C=C3\C(=O)Nc4cc(OC)ccc43)c(C)c2C1=O. The molecule has 170 valence electrons. The number of likely N-dealkylation sites (N-methyl/N-ethyl adjacent to an activating group) is 1. The van der Waals surface area contributed by atoms with Crippen LogP contribution in [0.3, 0.4) is 0 Å². The number of benzene rings is 1. The molecule has 0 radical (unpaired) electrons. The van der Waals surface area contributed by atoms with Gasteiger partial charge in [0.15, 0.2) is 0 Å². The molecule has 0 aliphatic carbocycles. The minimum Gasteiger partial charge on any atom is -0.497 e. The molecule has 32 heavy (non-hydrogen) atoms. The molecule has 2 aromatic rings. The van der Waals surface area contributed by atoms with Gasteiger partial charge in [-0.2, -0.15) is 0 Å². The largest absolute Gasteiger partial charge is 0.497 e. The summed E-state index contributed by atoms with van der Waals surface area (Å²) in [4.78, 5) is 33.8. The third-order valence-electron chi connectivity index (χ3n) is 6.60. The van der Waals surface area contributed by atoms with Crippen molar-refractivity contribution in [3.63, 3.8) is 0 Å². The molecule has 1 aromatic carbocycles. The molecule has 2 aliphatic rings. The highest BCUT2D eigenvalue weighted by Crippen LogP contribution is 2.36. The van der Waals surface area contributed by atoms with Crippen molar-refractivity contribution >= 4 is 29.2 Å². The number of carbonyl (C=O) groups is 2. The number of ether oxygens (including phenoxy) is 1. The number of hydrogen-bond donors (Lipinski definition) is 2. The molecule has 1 aromatic heterocycles. The van der Waals surface area contributed by atoms with Crippen LogP contribution >= 0.6 is 0 Å². The van der Waals surface area contributed by atoms with Gasteiger partial charge in [0.2, 0.25) is 0 Å². The molecule has 7 nitrogen and oxygen atoms in total. The predicted molar refractivity (Wildman–Crippen MR) is 127 cm³/mol. The standard InChI is InChI=1S/C25H32N4O3/c1-5-28(6-2)12-13-29-11-7-8-20-23(25(29)31)16(3)21(26-20)15-19-18-10-9-17(32-4)14-22(18)27-24(19)30/h9-10,14-15,26H,5-8,11-13H2,1-4H3,(H,27,30)/b19-15-. The molecule has 0 fully saturated rings. The third kappa shape index (κ3) is 4.05. The number of carbonyl (C=O) groups excluding carboxylic acids is 2. The van der Waals surface area contributed by atoms with Gasteiger partial charge in [0.1, 0.15) is 5.75 Å². The number of anilines is 1. The molecule has 0 saturated heterocycles. The number of H-pyrrole nitrogens is 1. The van der Waals surface area contributed by atoms with Crippen LogP contribution in [-0.2, 0) is 11.2 Å². The van der Waals surface area contributed by atoms with E-state index in [9.17, 15) is 9.59 Å². The molecule has 2 aliphatic heterocycles. The third-order valence-corrected chi connectivity index (χ3v) is 6.60. The lowest BCUT2D eigenvalue weighted by Crippen LogP contribution is -2.38. The number of fused-ring (bicyclic) bond motifs is 2. The average Bonchev–Trinajstić information content (AvgIpc) is 3.21. The van der Waals surface area contributed by atoms with E-state index in [4.69, 9.17) is 4.74 Å². The van der Waals surface area contributed by atoms with Crippen LogP contribution in [0.1, 0.15) is 53.1 Å². The van der Waals surface area contributed by atoms with Crippen molar-refractivity contribution in [1.82, 2.24) is 14.8 Å². The quantitative estimate of drug-likeness (QED) is 0.651. The van der Waals surface area contributed by atoms with E-state index in [1.165, 1.54) is 0 Å². The number of aryl methyl sites for hydroxylation is 1. The first-order chi connectivity index (χ1) is 15.5. The first-order valence-corrected chi connectivity index (χ1v) is 11.4. The van der Waals surface area contributed by atoms with Crippen LogP contribution in [0.2, 0.25) is 0 Å². The molecule has 0 atom stereocenters. The number of rotatable bonds is 7. The summed E-state index contributed by atoms with van der Waals surface area (Å²) in [7, 11) is 1.60. The molecule has 0 spiro atoms. The van der Waals surface area contributed by atoms with Gasteiger partial charge in [-0.25, -0.2) is 0 Å². The maximum Gasteiger partial charge on any atom is 0.256 e. The summed E-state index contributed by atoms with van der Waals surface area (Å²) in [5.41, 5.74) is 5.63. The van der Waals surface area contributed by atoms with Crippen molar-refractivity contribution in [2.75, 3.05) is 45.2 Å². The van der Waals surface area contributed by atoms with Gasteiger partial charge in [-0.3, -0.25) is 9.59 Å². The highest BCUT2D eigenvalue weighted by Gasteiger charge is 2.29. The van der Waals surface area contributed by atoms with Gasteiger partial charge in [-0.1, -0.05) is 13.8 Å². The number of amides is 2. The molecule has 0 saturated carbocycles. The first-order valence-electron chi connectivity index (χ1n) is 11.4. The zero-order valence-electron chi connectivity index (χ0n) is 19.4. The maximum absolute atomic E-state index is 13.4. The van der Waals surface area contributed by atoms with Crippen LogP contribution in [0.15, 0.2) is 18.2 Å². The smallest absolute Gasteiger partial charge is 0.256 e. The Bertz CT molecular complexity index is 1070. The van der Waals surface area contributed by atoms with Crippen molar-refractivity contribution in [2.24, 2.45) is 0 Å². The van der Waals surface area contributed by atoms with Crippen LogP contribution in [0, 0.1) is 6.92 Å². The van der Waals surface area contributed by atoms with Crippen LogP contribution in [-0.4, -0.2) is 66.4 Å². The second kappa shape index (κ2) is 9.20. The topological polar surface area (TPSA) is 77.7 Å². The fourth-order valence-electron chi connectivity index (χ4n) is 4.61. The van der Waals surface area contributed by atoms with E-state index in [1.54, 1.807) is 7.11 Å². The van der Waals surface area contributed by atoms with E-state index in [0.29, 0.717) is 11.3 Å². The molecular weight excluding hydrogens is 404 g/mol. The molecule has 2 N–H and O–H groups in total. The molecule has 7 heteroatoms. The van der Waals surface area contributed by atoms with E-state index >= 15 is 0 Å². The lowest BCUT2D eigenvalue weighted by atomic mass is 10.0. The van der Waals surface area contributed by atoms with E-state index in [0.717, 1.165) is 79.3 Å². The fraction of sp³-hybridized carbons (Fsp3) is 0.440. The lowest BCUT2D eigenvalue weighted by molar-refractivity contribution is -0.110. The van der Waals surface area contributed by atoms with Crippen molar-refractivity contribution in [3.05, 3.63) is 46.3 Å². The Morgan fingerprint density at radius 1 is 1.22 bits per heavy atom. The average molecular weight is 437 g/mol. The number of nitrogens with one attached hydrogen (secondary N) is 2. The van der Waals surface area contributed by atoms with Gasteiger partial charge in [-0.15, -0.1) is 0 Å². The Morgan fingerprint density at radius 3 is 2.72 bits per heavy atom. The summed E-state index contributed by atoms with van der Waals surface area (Å²) < 4.78 is 5.26. The molecule has 0 unspecified atom stereocenters. The van der Waals surface area contributed by atoms with Gasteiger partial charge >= 0.3 is 0 Å². The summed E-state index contributed by atoms with van der Waals surface area (Å²) in [6.07, 6.45) is 3.62. The van der Waals surface area contributed by atoms with Gasteiger partial charge in [0, 0.05) is 42.7 Å². The van der Waals surface area contributed by atoms with Crippen LogP contribution in [0.5, 0.6) is 5.75 Å². The zero-order chi connectivity index (χ0) is 22.8. The molecular formula is C25H32N4O3. The van der Waals surface area contributed by atoms with E-state index in [1.807, 2.05) is 36.1 Å². The first kappa shape index (κ1) is 22.1. The predicted octanol–water partition coefficient (Wildman–Crippen LogP) is 3.55. The van der Waals surface area contributed by atoms with Crippen molar-refractivity contribution < 1.29 is 14.3 Å². The van der Waals surface area contributed by atoms with E-state index in [2.05, 4.69) is 29.0 Å². The van der Waals surface area contributed by atoms with Crippen molar-refractivity contribution in [3.8, 4) is 5.75 Å². The van der Waals surface area contributed by atoms with Crippen LogP contribution in [0.4, 0.5) is 5.69 Å². The Morgan fingerprint density at radius 2 is 2.00 bits per heavy atom. The lowest BCUT2D eigenvalue weighted by Gasteiger charge is -2.25. The summed E-state index contributed by atoms with van der Waals surface area (Å²) >= 11 is 0. The summed E-state index contributed by atoms with van der Waals surface area (Å²) in [5.74, 6) is 0.636. The zero-order valence-corrected chi connectivity index (χ0v) is 19.4. The molecule has 4 rings (SSSR count). The normalized spacial score (nSPS) is 16.9. The molecule has 0 bridgehead atoms. The molecule has 3 heterocycles. The molecule has 2 amide bonds. The Labute approximate surface area is 189 Å². The minimum absolute atomic E-state index is 0.0871. The summed E-state index contributed by atoms with van der Waals surface area (Å²) in [5, 5.41) is 2.91. The monoisotopic (exact) mass is 436 g/mol. The van der Waals surface area contributed by atoms with Gasteiger partial charge < -0.3 is 24.8 Å². The van der Waals surface area contributed by atoms with E-state index < -0.39 is 0 Å². The summed E-state index contributed by atoms with van der Waals surface area (Å²) in [6, 6.07) is 5.56. The number of aromatic amines is 1. The second-order valence-corrected chi connectivity index (χ2v) is 8.36. The van der Waals surface area contributed by atoms with Crippen LogP contribution in [0.25, 0.3) is 11.6 Å². The number of methoxy groups -OCH3 is 1. The minimum atomic E-state index is -0.148.